The molecular formula is C16H23ClO3S. The average molecular weight is 331 g/mol. The molecule has 0 aromatic heterocycles. The van der Waals surface area contributed by atoms with E-state index in [1.807, 2.05) is 51.1 Å². The molecule has 1 N–H and O–H groups in total. The molecule has 0 amide bonds. The lowest BCUT2D eigenvalue weighted by atomic mass is 10.2. The molecule has 3 nitrogen and oxygen atoms in total. The lowest BCUT2D eigenvalue weighted by Crippen LogP contribution is -2.36. The molecule has 0 aliphatic heterocycles. The second kappa shape index (κ2) is 8.69. The van der Waals surface area contributed by atoms with Crippen molar-refractivity contribution in [2.75, 3.05) is 5.75 Å². The normalized spacial score (nSPS) is 16.8. The van der Waals surface area contributed by atoms with Gasteiger partial charge in [0.15, 0.2) is 0 Å². The van der Waals surface area contributed by atoms with Crippen molar-refractivity contribution in [3.05, 3.63) is 47.5 Å². The van der Waals surface area contributed by atoms with Crippen molar-refractivity contribution < 1.29 is 14.1 Å². The van der Waals surface area contributed by atoms with E-state index in [4.69, 9.17) is 16.3 Å². The molecule has 3 atom stereocenters. The Morgan fingerprint density at radius 2 is 1.95 bits per heavy atom. The van der Waals surface area contributed by atoms with Gasteiger partial charge in [0.25, 0.3) is 0 Å². The molecule has 0 aliphatic rings. The third kappa shape index (κ3) is 6.74. The minimum atomic E-state index is -1.15. The zero-order valence-corrected chi connectivity index (χ0v) is 14.2. The fourth-order valence-corrected chi connectivity index (χ4v) is 2.78. The molecule has 0 heterocycles. The zero-order valence-electron chi connectivity index (χ0n) is 12.7. The van der Waals surface area contributed by atoms with Crippen molar-refractivity contribution >= 4 is 22.4 Å². The molecular weight excluding hydrogens is 308 g/mol. The minimum absolute atomic E-state index is 0.157. The lowest BCUT2D eigenvalue weighted by molar-refractivity contribution is -0.00829. The number of aliphatic hydroxyl groups is 1. The van der Waals surface area contributed by atoms with E-state index in [-0.39, 0.29) is 10.5 Å². The van der Waals surface area contributed by atoms with E-state index in [9.17, 15) is 9.32 Å². The Hall–Kier alpha value is -0.680. The van der Waals surface area contributed by atoms with Crippen LogP contribution in [0.5, 0.6) is 0 Å². The van der Waals surface area contributed by atoms with Crippen molar-refractivity contribution in [2.45, 2.75) is 44.3 Å². The molecule has 0 fully saturated rings. The van der Waals surface area contributed by atoms with Gasteiger partial charge in [-0.3, -0.25) is 4.21 Å². The molecule has 5 heteroatoms. The van der Waals surface area contributed by atoms with E-state index in [1.54, 1.807) is 6.08 Å². The summed E-state index contributed by atoms with van der Waals surface area (Å²) < 4.78 is 17.4. The van der Waals surface area contributed by atoms with Crippen LogP contribution in [0.15, 0.2) is 41.9 Å². The molecule has 1 unspecified atom stereocenters. The number of ether oxygens (including phenoxy) is 1. The average Bonchev–Trinajstić information content (AvgIpc) is 2.43. The Morgan fingerprint density at radius 1 is 1.33 bits per heavy atom. The number of aliphatic hydroxyl groups excluding tert-OH is 1. The first-order valence-electron chi connectivity index (χ1n) is 6.83. The van der Waals surface area contributed by atoms with Crippen LogP contribution in [-0.4, -0.2) is 32.0 Å². The molecule has 1 aromatic carbocycles. The van der Waals surface area contributed by atoms with Crippen molar-refractivity contribution in [3.63, 3.8) is 0 Å². The molecule has 0 bridgehead atoms. The molecule has 21 heavy (non-hydrogen) atoms. The van der Waals surface area contributed by atoms with Gasteiger partial charge in [-0.1, -0.05) is 41.9 Å². The van der Waals surface area contributed by atoms with E-state index >= 15 is 0 Å². The zero-order chi connectivity index (χ0) is 15.9. The summed E-state index contributed by atoms with van der Waals surface area (Å²) in [4.78, 5) is 0. The highest BCUT2D eigenvalue weighted by Gasteiger charge is 2.26. The molecule has 0 saturated carbocycles. The van der Waals surface area contributed by atoms with Gasteiger partial charge in [0, 0.05) is 21.1 Å². The minimum Gasteiger partial charge on any atom is -0.389 e. The molecule has 0 spiro atoms. The highest BCUT2D eigenvalue weighted by Crippen LogP contribution is 2.16. The number of hydrogen-bond acceptors (Lipinski definition) is 3. The number of hydrogen-bond donors (Lipinski definition) is 1. The maximum atomic E-state index is 12.1. The van der Waals surface area contributed by atoms with Crippen molar-refractivity contribution in [1.82, 2.24) is 0 Å². The van der Waals surface area contributed by atoms with E-state index in [0.29, 0.717) is 6.61 Å². The number of rotatable bonds is 7. The van der Waals surface area contributed by atoms with Crippen LogP contribution in [0.4, 0.5) is 0 Å². The van der Waals surface area contributed by atoms with Crippen LogP contribution >= 0.6 is 11.6 Å². The Morgan fingerprint density at radius 3 is 2.48 bits per heavy atom. The predicted molar refractivity (Wildman–Crippen MR) is 88.8 cm³/mol. The van der Waals surface area contributed by atoms with Gasteiger partial charge in [-0.2, -0.15) is 0 Å². The Labute approximate surface area is 134 Å². The summed E-state index contributed by atoms with van der Waals surface area (Å²) in [7, 11) is -1.15. The molecule has 0 radical (unpaired) electrons. The van der Waals surface area contributed by atoms with Crippen LogP contribution in [-0.2, 0) is 22.1 Å². The standard InChI is InChI=1S/C16H23ClO3S/c1-16(2,3)21(19)12-14(18)15(9-10-17)20-11-13-7-5-4-6-8-13/h4-10,14-15,18H,11-12H2,1-3H3/b10-9+/t14-,15+,21?/m0/s1. The fourth-order valence-electron chi connectivity index (χ4n) is 1.63. The van der Waals surface area contributed by atoms with Crippen LogP contribution in [0.2, 0.25) is 0 Å². The first kappa shape index (κ1) is 18.4. The second-order valence-electron chi connectivity index (χ2n) is 5.77. The summed E-state index contributed by atoms with van der Waals surface area (Å²) in [5.74, 6) is 0.157. The van der Waals surface area contributed by atoms with Gasteiger partial charge >= 0.3 is 0 Å². The van der Waals surface area contributed by atoms with Crippen LogP contribution in [0.3, 0.4) is 0 Å². The summed E-state index contributed by atoms with van der Waals surface area (Å²) in [6.45, 7) is 6.01. The van der Waals surface area contributed by atoms with Gasteiger partial charge in [0.2, 0.25) is 0 Å². The first-order chi connectivity index (χ1) is 9.84. The van der Waals surface area contributed by atoms with Gasteiger partial charge in [0.1, 0.15) is 6.10 Å². The number of halogens is 1. The van der Waals surface area contributed by atoms with Gasteiger partial charge in [-0.15, -0.1) is 0 Å². The molecule has 0 saturated heterocycles. The SMILES string of the molecule is CC(C)(C)S(=O)C[C@H](O)[C@@H](/C=C/Cl)OCc1ccccc1. The van der Waals surface area contributed by atoms with E-state index in [2.05, 4.69) is 0 Å². The highest BCUT2D eigenvalue weighted by molar-refractivity contribution is 7.86. The number of benzene rings is 1. The Balaban J connectivity index is 2.62. The highest BCUT2D eigenvalue weighted by atomic mass is 35.5. The quantitative estimate of drug-likeness (QED) is 0.835. The van der Waals surface area contributed by atoms with Crippen molar-refractivity contribution in [1.29, 1.82) is 0 Å². The first-order valence-corrected chi connectivity index (χ1v) is 8.59. The summed E-state index contributed by atoms with van der Waals surface area (Å²) in [5, 5.41) is 10.2. The van der Waals surface area contributed by atoms with Gasteiger partial charge in [0.05, 0.1) is 18.5 Å². The van der Waals surface area contributed by atoms with Crippen LogP contribution < -0.4 is 0 Å². The molecule has 0 aliphatic carbocycles. The smallest absolute Gasteiger partial charge is 0.104 e. The molecule has 1 rings (SSSR count). The van der Waals surface area contributed by atoms with Crippen molar-refractivity contribution in [2.24, 2.45) is 0 Å². The third-order valence-corrected chi connectivity index (χ3v) is 5.09. The fraction of sp³-hybridized carbons (Fsp3) is 0.500. The van der Waals surface area contributed by atoms with E-state index in [0.717, 1.165) is 5.56 Å². The van der Waals surface area contributed by atoms with Gasteiger partial charge < -0.3 is 9.84 Å². The maximum absolute atomic E-state index is 12.1. The lowest BCUT2D eigenvalue weighted by Gasteiger charge is -2.24. The Kier molecular flexibility index (Phi) is 7.60. The largest absolute Gasteiger partial charge is 0.389 e. The van der Waals surface area contributed by atoms with Crippen LogP contribution in [0.1, 0.15) is 26.3 Å². The summed E-state index contributed by atoms with van der Waals surface area (Å²) >= 11 is 5.60. The van der Waals surface area contributed by atoms with Gasteiger partial charge in [-0.05, 0) is 32.4 Å². The van der Waals surface area contributed by atoms with E-state index in [1.165, 1.54) is 5.54 Å². The maximum Gasteiger partial charge on any atom is 0.104 e. The second-order valence-corrected chi connectivity index (χ2v) is 8.27. The summed E-state index contributed by atoms with van der Waals surface area (Å²) in [6, 6.07) is 9.68. The Bertz CT molecular complexity index is 468. The predicted octanol–water partition coefficient (Wildman–Crippen LogP) is 3.23. The van der Waals surface area contributed by atoms with Crippen LogP contribution in [0.25, 0.3) is 0 Å². The summed E-state index contributed by atoms with van der Waals surface area (Å²) in [6.07, 6.45) is 0.146. The van der Waals surface area contributed by atoms with Crippen LogP contribution in [0, 0.1) is 0 Å². The molecule has 118 valence electrons. The third-order valence-electron chi connectivity index (χ3n) is 2.93. The van der Waals surface area contributed by atoms with Crippen molar-refractivity contribution in [3.8, 4) is 0 Å². The monoisotopic (exact) mass is 330 g/mol. The van der Waals surface area contributed by atoms with Gasteiger partial charge in [-0.25, -0.2) is 0 Å². The topological polar surface area (TPSA) is 46.5 Å². The van der Waals surface area contributed by atoms with E-state index < -0.39 is 23.0 Å². The molecule has 1 aromatic rings. The summed E-state index contributed by atoms with van der Waals surface area (Å²) in [5.41, 5.74) is 2.33.